The Morgan fingerprint density at radius 1 is 1.38 bits per heavy atom. The molecule has 0 amide bonds. The summed E-state index contributed by atoms with van der Waals surface area (Å²) in [6, 6.07) is 2.68. The summed E-state index contributed by atoms with van der Waals surface area (Å²) in [6.07, 6.45) is -2.29. The summed E-state index contributed by atoms with van der Waals surface area (Å²) in [5, 5.41) is 9.76. The number of ketones is 1. The molecular formula is C15H16F3NO4S. The Bertz CT molecular complexity index is 712. The van der Waals surface area contributed by atoms with E-state index in [9.17, 15) is 27.3 Å². The van der Waals surface area contributed by atoms with Gasteiger partial charge in [0.2, 0.25) is 5.78 Å². The third kappa shape index (κ3) is 2.74. The van der Waals surface area contributed by atoms with Gasteiger partial charge in [-0.25, -0.2) is 8.60 Å². The van der Waals surface area contributed by atoms with E-state index in [1.54, 1.807) is 4.90 Å². The molecule has 0 saturated carbocycles. The van der Waals surface area contributed by atoms with Crippen molar-refractivity contribution in [1.82, 2.24) is 0 Å². The average Bonchev–Trinajstić information content (AvgIpc) is 2.69. The lowest BCUT2D eigenvalue weighted by molar-refractivity contribution is -0.0363. The molecule has 132 valence electrons. The maximum absolute atomic E-state index is 14.4. The van der Waals surface area contributed by atoms with Gasteiger partial charge in [-0.15, -0.1) is 0 Å². The first-order chi connectivity index (χ1) is 11.2. The lowest BCUT2D eigenvalue weighted by Crippen LogP contribution is -2.39. The zero-order valence-corrected chi connectivity index (χ0v) is 13.4. The topological polar surface area (TPSA) is 77.8 Å². The molecule has 0 spiro atoms. The van der Waals surface area contributed by atoms with Gasteiger partial charge in [0.25, 0.3) is 0 Å². The van der Waals surface area contributed by atoms with E-state index < -0.39 is 51.9 Å². The highest BCUT2D eigenvalue weighted by molar-refractivity contribution is 7.78. The minimum Gasteiger partial charge on any atom is -0.391 e. The Kier molecular flexibility index (Phi) is 4.43. The van der Waals surface area contributed by atoms with E-state index in [2.05, 4.69) is 0 Å². The number of benzene rings is 1. The Morgan fingerprint density at radius 3 is 2.71 bits per heavy atom. The van der Waals surface area contributed by atoms with Crippen LogP contribution in [0.3, 0.4) is 0 Å². The maximum Gasteiger partial charge on any atom is 0.344 e. The molecule has 1 unspecified atom stereocenters. The van der Waals surface area contributed by atoms with Gasteiger partial charge in [0.15, 0.2) is 17.3 Å². The first kappa shape index (κ1) is 17.4. The van der Waals surface area contributed by atoms with Gasteiger partial charge < -0.3 is 14.6 Å². The number of Topliss-reactive ketones (excluding diaryl/α,β-unsaturated/α-hetero) is 1. The molecule has 2 aliphatic rings. The largest absolute Gasteiger partial charge is 0.391 e. The van der Waals surface area contributed by atoms with Crippen LogP contribution in [-0.2, 0) is 16.8 Å². The zero-order chi connectivity index (χ0) is 17.6. The summed E-state index contributed by atoms with van der Waals surface area (Å²) in [7, 11) is 0. The van der Waals surface area contributed by atoms with Crippen LogP contribution in [-0.4, -0.2) is 44.8 Å². The molecule has 0 radical (unpaired) electrons. The highest BCUT2D eigenvalue weighted by Crippen LogP contribution is 2.50. The number of fused-ring (bicyclic) bond motifs is 1. The molecule has 1 aromatic carbocycles. The van der Waals surface area contributed by atoms with Crippen molar-refractivity contribution in [2.75, 3.05) is 18.0 Å². The second-order valence-electron chi connectivity index (χ2n) is 6.06. The van der Waals surface area contributed by atoms with Crippen LogP contribution in [0.1, 0.15) is 40.5 Å². The second-order valence-corrected chi connectivity index (χ2v) is 6.99. The molecule has 0 bridgehead atoms. The molecule has 1 aromatic rings. The van der Waals surface area contributed by atoms with Crippen molar-refractivity contribution in [3.8, 4) is 0 Å². The van der Waals surface area contributed by atoms with Crippen molar-refractivity contribution >= 4 is 22.6 Å². The third-order valence-electron chi connectivity index (χ3n) is 4.43. The Hall–Kier alpha value is -1.45. The number of carbonyl (C=O) groups excluding carboxylic acids is 1. The van der Waals surface area contributed by atoms with Gasteiger partial charge in [-0.3, -0.25) is 4.79 Å². The average molecular weight is 363 g/mol. The third-order valence-corrected chi connectivity index (χ3v) is 4.98. The summed E-state index contributed by atoms with van der Waals surface area (Å²) in [5.74, 6) is -6.39. The van der Waals surface area contributed by atoms with Gasteiger partial charge in [-0.05, 0) is 24.5 Å². The first-order valence-electron chi connectivity index (χ1n) is 7.46. The highest BCUT2D eigenvalue weighted by Gasteiger charge is 2.58. The number of carbonyl (C=O) groups is 1. The van der Waals surface area contributed by atoms with Crippen LogP contribution in [0, 0.1) is 0 Å². The van der Waals surface area contributed by atoms with Crippen LogP contribution in [0.15, 0.2) is 12.1 Å². The number of rotatable bonds is 3. The smallest absolute Gasteiger partial charge is 0.344 e. The van der Waals surface area contributed by atoms with Crippen LogP contribution in [0.5, 0.6) is 0 Å². The molecule has 3 atom stereocenters. The Balaban J connectivity index is 2.14. The summed E-state index contributed by atoms with van der Waals surface area (Å²) in [4.78, 5) is 13.6. The van der Waals surface area contributed by atoms with Crippen LogP contribution in [0.4, 0.5) is 18.9 Å². The molecular weight excluding hydrogens is 347 g/mol. The lowest BCUT2D eigenvalue weighted by atomic mass is 9.99. The minimum absolute atomic E-state index is 0.0723. The van der Waals surface area contributed by atoms with E-state index in [0.29, 0.717) is 19.4 Å². The molecule has 9 heteroatoms. The monoisotopic (exact) mass is 363 g/mol. The molecule has 5 nitrogen and oxygen atoms in total. The number of hydrogen-bond acceptors (Lipinski definition) is 4. The van der Waals surface area contributed by atoms with Crippen molar-refractivity contribution < 1.29 is 31.8 Å². The number of anilines is 1. The van der Waals surface area contributed by atoms with Crippen LogP contribution in [0.2, 0.25) is 0 Å². The molecule has 1 aliphatic carbocycles. The summed E-state index contributed by atoms with van der Waals surface area (Å²) >= 11 is -2.35. The summed E-state index contributed by atoms with van der Waals surface area (Å²) < 4.78 is 62.3. The molecule has 2 N–H and O–H groups in total. The second kappa shape index (κ2) is 6.12. The molecule has 1 heterocycles. The van der Waals surface area contributed by atoms with Gasteiger partial charge in [0.05, 0.1) is 11.9 Å². The predicted octanol–water partition coefficient (Wildman–Crippen LogP) is 2.21. The van der Waals surface area contributed by atoms with Gasteiger partial charge in [0, 0.05) is 29.9 Å². The minimum atomic E-state index is -4.20. The van der Waals surface area contributed by atoms with Crippen molar-refractivity contribution in [3.05, 3.63) is 28.8 Å². The lowest BCUT2D eigenvalue weighted by Gasteiger charge is -2.33. The van der Waals surface area contributed by atoms with E-state index in [-0.39, 0.29) is 17.8 Å². The van der Waals surface area contributed by atoms with Crippen molar-refractivity contribution in [2.45, 2.75) is 36.8 Å². The summed E-state index contributed by atoms with van der Waals surface area (Å²) in [5.41, 5.74) is -0.888. The number of aliphatic hydroxyl groups excluding tert-OH is 1. The quantitative estimate of drug-likeness (QED) is 0.805. The zero-order valence-electron chi connectivity index (χ0n) is 12.5. The normalized spacial score (nSPS) is 27.2. The van der Waals surface area contributed by atoms with E-state index in [1.165, 1.54) is 12.1 Å². The number of alkyl halides is 3. The highest BCUT2D eigenvalue weighted by atomic mass is 32.2. The number of β-amino-alcohol motifs (C(OH)–C–C–N with tert-alkyl or cyclic N) is 1. The van der Waals surface area contributed by atoms with Crippen LogP contribution >= 0.6 is 0 Å². The van der Waals surface area contributed by atoms with Gasteiger partial charge in [-0.1, -0.05) is 6.07 Å². The number of piperidine rings is 1. The fraction of sp³-hybridized carbons (Fsp3) is 0.533. The molecule has 24 heavy (non-hydrogen) atoms. The SMILES string of the molecule is O=C1c2c(CS(=O)O)ccc(N3CCC[C@H](O)C3)c2[C@@H](F)C1(F)F. The Morgan fingerprint density at radius 2 is 2.08 bits per heavy atom. The standard InChI is InChI=1S/C15H16F3NO4S/c16-13-12-10(19-5-1-2-9(20)6-19)4-3-8(7-24(22)23)11(12)14(21)15(13,17)18/h3-4,9,13,20H,1-2,5-7H2,(H,22,23)/t9-,13+/m0/s1. The Labute approximate surface area is 138 Å². The fourth-order valence-corrected chi connectivity index (χ4v) is 3.85. The number of nitrogens with zero attached hydrogens (tertiary/aromatic N) is 1. The fourth-order valence-electron chi connectivity index (χ4n) is 3.34. The van der Waals surface area contributed by atoms with Crippen molar-refractivity contribution in [2.24, 2.45) is 0 Å². The number of aliphatic hydroxyl groups is 1. The summed E-state index contributed by atoms with van der Waals surface area (Å²) in [6.45, 7) is 0.603. The number of halogens is 3. The maximum atomic E-state index is 14.4. The predicted molar refractivity (Wildman–Crippen MR) is 81.5 cm³/mol. The van der Waals surface area contributed by atoms with Gasteiger partial charge in [0.1, 0.15) is 0 Å². The molecule has 0 aromatic heterocycles. The molecule has 1 aliphatic heterocycles. The van der Waals surface area contributed by atoms with Crippen LogP contribution < -0.4 is 4.90 Å². The molecule has 1 fully saturated rings. The van der Waals surface area contributed by atoms with Crippen molar-refractivity contribution in [1.29, 1.82) is 0 Å². The van der Waals surface area contributed by atoms with E-state index in [0.717, 1.165) is 0 Å². The van der Waals surface area contributed by atoms with Gasteiger partial charge in [-0.2, -0.15) is 8.78 Å². The van der Waals surface area contributed by atoms with E-state index in [4.69, 9.17) is 4.55 Å². The molecule has 3 rings (SSSR count). The molecule has 1 saturated heterocycles. The van der Waals surface area contributed by atoms with E-state index in [1.807, 2.05) is 0 Å². The van der Waals surface area contributed by atoms with E-state index >= 15 is 0 Å². The number of hydrogen-bond donors (Lipinski definition) is 2. The van der Waals surface area contributed by atoms with Gasteiger partial charge >= 0.3 is 5.92 Å². The first-order valence-corrected chi connectivity index (χ1v) is 8.74. The van der Waals surface area contributed by atoms with Crippen molar-refractivity contribution in [3.63, 3.8) is 0 Å². The van der Waals surface area contributed by atoms with Crippen LogP contribution in [0.25, 0.3) is 0 Å².